The second kappa shape index (κ2) is 5.89. The van der Waals surface area contributed by atoms with Crippen LogP contribution in [-0.2, 0) is 9.59 Å². The first kappa shape index (κ1) is 14.1. The van der Waals surface area contributed by atoms with E-state index in [4.69, 9.17) is 0 Å². The minimum atomic E-state index is -0.569. The fraction of sp³-hybridized carbons (Fsp3) is 0.176. The van der Waals surface area contributed by atoms with E-state index in [0.29, 0.717) is 0 Å². The smallest absolute Gasteiger partial charge is 0.247 e. The third-order valence-electron chi connectivity index (χ3n) is 3.56. The van der Waals surface area contributed by atoms with Crippen molar-refractivity contribution >= 4 is 28.9 Å². The molecule has 0 fully saturated rings. The summed E-state index contributed by atoms with van der Waals surface area (Å²) in [5.41, 5.74) is 3.42. The van der Waals surface area contributed by atoms with Gasteiger partial charge in [0.05, 0.1) is 17.8 Å². The minimum Gasteiger partial charge on any atom is -0.372 e. The standard InChI is InChI=1S/C17H17N3O2/c1-11-6-8-12(9-7-11)18-16(21)10-15-17(22)20-14-5-3-2-4-13(14)19-15/h2-9,15,19H,10H2,1H3,(H,18,21)(H,20,22). The summed E-state index contributed by atoms with van der Waals surface area (Å²) in [4.78, 5) is 24.1. The van der Waals surface area contributed by atoms with Gasteiger partial charge < -0.3 is 16.0 Å². The number of anilines is 3. The van der Waals surface area contributed by atoms with Gasteiger partial charge in [0.2, 0.25) is 11.8 Å². The van der Waals surface area contributed by atoms with E-state index in [1.807, 2.05) is 55.5 Å². The summed E-state index contributed by atoms with van der Waals surface area (Å²) in [7, 11) is 0. The molecule has 1 atom stereocenters. The molecule has 0 aromatic heterocycles. The van der Waals surface area contributed by atoms with Crippen molar-refractivity contribution < 1.29 is 9.59 Å². The Hall–Kier alpha value is -2.82. The number of amides is 2. The van der Waals surface area contributed by atoms with Crippen molar-refractivity contribution in [2.75, 3.05) is 16.0 Å². The van der Waals surface area contributed by atoms with Crippen LogP contribution in [0, 0.1) is 6.92 Å². The van der Waals surface area contributed by atoms with E-state index in [1.54, 1.807) is 0 Å². The Morgan fingerprint density at radius 1 is 1.09 bits per heavy atom. The Kier molecular flexibility index (Phi) is 3.78. The van der Waals surface area contributed by atoms with Crippen LogP contribution >= 0.6 is 0 Å². The van der Waals surface area contributed by atoms with Crippen LogP contribution in [0.3, 0.4) is 0 Å². The van der Waals surface area contributed by atoms with E-state index in [2.05, 4.69) is 16.0 Å². The van der Waals surface area contributed by atoms with Gasteiger partial charge in [0.15, 0.2) is 0 Å². The van der Waals surface area contributed by atoms with Gasteiger partial charge in [-0.2, -0.15) is 0 Å². The molecule has 5 nitrogen and oxygen atoms in total. The molecule has 0 spiro atoms. The van der Waals surface area contributed by atoms with Gasteiger partial charge in [-0.15, -0.1) is 0 Å². The number of rotatable bonds is 3. The molecule has 0 bridgehead atoms. The second-order valence-electron chi connectivity index (χ2n) is 5.35. The number of nitrogens with one attached hydrogen (secondary N) is 3. The van der Waals surface area contributed by atoms with E-state index < -0.39 is 6.04 Å². The van der Waals surface area contributed by atoms with E-state index in [9.17, 15) is 9.59 Å². The first-order valence-electron chi connectivity index (χ1n) is 7.15. The molecule has 1 unspecified atom stereocenters. The van der Waals surface area contributed by atoms with Crippen molar-refractivity contribution in [2.24, 2.45) is 0 Å². The lowest BCUT2D eigenvalue weighted by atomic mass is 10.1. The molecule has 2 aromatic rings. The maximum absolute atomic E-state index is 12.1. The van der Waals surface area contributed by atoms with Crippen LogP contribution in [-0.4, -0.2) is 17.9 Å². The Labute approximate surface area is 128 Å². The third-order valence-corrected chi connectivity index (χ3v) is 3.56. The van der Waals surface area contributed by atoms with E-state index >= 15 is 0 Å². The molecule has 2 aromatic carbocycles. The number of carbonyl (C=O) groups excluding carboxylic acids is 2. The number of fused-ring (bicyclic) bond motifs is 1. The quantitative estimate of drug-likeness (QED) is 0.815. The van der Waals surface area contributed by atoms with Gasteiger partial charge in [-0.1, -0.05) is 29.8 Å². The number of para-hydroxylation sites is 2. The molecule has 2 amide bonds. The van der Waals surface area contributed by atoms with E-state index in [-0.39, 0.29) is 18.2 Å². The average Bonchev–Trinajstić information content (AvgIpc) is 2.50. The zero-order valence-electron chi connectivity index (χ0n) is 12.2. The summed E-state index contributed by atoms with van der Waals surface area (Å²) >= 11 is 0. The molecule has 5 heteroatoms. The highest BCUT2D eigenvalue weighted by molar-refractivity contribution is 6.06. The summed E-state index contributed by atoms with van der Waals surface area (Å²) in [6, 6.07) is 14.4. The minimum absolute atomic E-state index is 0.0774. The zero-order chi connectivity index (χ0) is 15.5. The first-order valence-corrected chi connectivity index (χ1v) is 7.15. The van der Waals surface area contributed by atoms with Gasteiger partial charge in [0.1, 0.15) is 6.04 Å². The summed E-state index contributed by atoms with van der Waals surface area (Å²) < 4.78 is 0. The van der Waals surface area contributed by atoms with Crippen molar-refractivity contribution in [2.45, 2.75) is 19.4 Å². The Bertz CT molecular complexity index is 710. The molecular weight excluding hydrogens is 278 g/mol. The number of hydrogen-bond acceptors (Lipinski definition) is 3. The molecule has 0 radical (unpaired) electrons. The largest absolute Gasteiger partial charge is 0.372 e. The lowest BCUT2D eigenvalue weighted by Crippen LogP contribution is -2.41. The van der Waals surface area contributed by atoms with Crippen molar-refractivity contribution in [1.82, 2.24) is 0 Å². The van der Waals surface area contributed by atoms with Gasteiger partial charge in [-0.05, 0) is 31.2 Å². The van der Waals surface area contributed by atoms with Gasteiger partial charge in [-0.3, -0.25) is 9.59 Å². The molecule has 0 aliphatic carbocycles. The van der Waals surface area contributed by atoms with Crippen LogP contribution in [0.15, 0.2) is 48.5 Å². The SMILES string of the molecule is Cc1ccc(NC(=O)CC2Nc3ccccc3NC2=O)cc1. The fourth-order valence-electron chi connectivity index (χ4n) is 2.37. The van der Waals surface area contributed by atoms with Crippen LogP contribution in [0.4, 0.5) is 17.1 Å². The normalized spacial score (nSPS) is 16.2. The van der Waals surface area contributed by atoms with Crippen LogP contribution in [0.2, 0.25) is 0 Å². The predicted molar refractivity (Wildman–Crippen MR) is 86.9 cm³/mol. The molecular formula is C17H17N3O2. The summed E-state index contributed by atoms with van der Waals surface area (Å²) in [6.07, 6.45) is 0.0774. The highest BCUT2D eigenvalue weighted by Gasteiger charge is 2.27. The van der Waals surface area contributed by atoms with Crippen molar-refractivity contribution in [1.29, 1.82) is 0 Å². The molecule has 3 N–H and O–H groups in total. The molecule has 1 aliphatic heterocycles. The molecule has 3 rings (SSSR count). The molecule has 1 heterocycles. The van der Waals surface area contributed by atoms with Gasteiger partial charge in [0, 0.05) is 5.69 Å². The van der Waals surface area contributed by atoms with Crippen molar-refractivity contribution in [3.8, 4) is 0 Å². The number of aryl methyl sites for hydroxylation is 1. The maximum atomic E-state index is 12.1. The number of carbonyl (C=O) groups is 2. The van der Waals surface area contributed by atoms with Gasteiger partial charge in [0.25, 0.3) is 0 Å². The first-order chi connectivity index (χ1) is 10.6. The molecule has 112 valence electrons. The van der Waals surface area contributed by atoms with E-state index in [0.717, 1.165) is 22.6 Å². The molecule has 1 aliphatic rings. The Morgan fingerprint density at radius 2 is 1.77 bits per heavy atom. The van der Waals surface area contributed by atoms with Crippen LogP contribution in [0.5, 0.6) is 0 Å². The van der Waals surface area contributed by atoms with Gasteiger partial charge in [-0.25, -0.2) is 0 Å². The fourth-order valence-corrected chi connectivity index (χ4v) is 2.37. The molecule has 22 heavy (non-hydrogen) atoms. The lowest BCUT2D eigenvalue weighted by molar-refractivity contribution is -0.122. The molecule has 0 saturated carbocycles. The van der Waals surface area contributed by atoms with Gasteiger partial charge >= 0.3 is 0 Å². The predicted octanol–water partition coefficient (Wildman–Crippen LogP) is 2.76. The zero-order valence-corrected chi connectivity index (χ0v) is 12.2. The third kappa shape index (κ3) is 3.09. The number of hydrogen-bond donors (Lipinski definition) is 3. The number of benzene rings is 2. The van der Waals surface area contributed by atoms with Crippen LogP contribution < -0.4 is 16.0 Å². The topological polar surface area (TPSA) is 70.2 Å². The lowest BCUT2D eigenvalue weighted by Gasteiger charge is -2.26. The van der Waals surface area contributed by atoms with Crippen LogP contribution in [0.25, 0.3) is 0 Å². The second-order valence-corrected chi connectivity index (χ2v) is 5.35. The monoisotopic (exact) mass is 295 g/mol. The average molecular weight is 295 g/mol. The Balaban J connectivity index is 1.64. The summed E-state index contributed by atoms with van der Waals surface area (Å²) in [5.74, 6) is -0.395. The van der Waals surface area contributed by atoms with Crippen molar-refractivity contribution in [3.05, 3.63) is 54.1 Å². The highest BCUT2D eigenvalue weighted by Crippen LogP contribution is 2.26. The highest BCUT2D eigenvalue weighted by atomic mass is 16.2. The Morgan fingerprint density at radius 3 is 2.50 bits per heavy atom. The van der Waals surface area contributed by atoms with Crippen LogP contribution in [0.1, 0.15) is 12.0 Å². The molecule has 0 saturated heterocycles. The summed E-state index contributed by atoms with van der Waals surface area (Å²) in [5, 5.41) is 8.71. The summed E-state index contributed by atoms with van der Waals surface area (Å²) in [6.45, 7) is 1.99. The maximum Gasteiger partial charge on any atom is 0.247 e. The van der Waals surface area contributed by atoms with Crippen molar-refractivity contribution in [3.63, 3.8) is 0 Å². The van der Waals surface area contributed by atoms with E-state index in [1.165, 1.54) is 0 Å².